The zero-order chi connectivity index (χ0) is 20.9. The molecule has 3 amide bonds. The van der Waals surface area contributed by atoms with E-state index >= 15 is 0 Å². The van der Waals surface area contributed by atoms with Gasteiger partial charge in [-0.15, -0.1) is 6.58 Å². The Kier molecular flexibility index (Phi) is 11.2. The summed E-state index contributed by atoms with van der Waals surface area (Å²) in [6.07, 6.45) is 10.7. The van der Waals surface area contributed by atoms with Crippen LogP contribution in [0.5, 0.6) is 0 Å². The number of aliphatic hydroxyl groups is 1. The Labute approximate surface area is 167 Å². The van der Waals surface area contributed by atoms with Gasteiger partial charge in [-0.05, 0) is 44.9 Å². The van der Waals surface area contributed by atoms with Crippen molar-refractivity contribution in [1.82, 2.24) is 4.90 Å². The van der Waals surface area contributed by atoms with Crippen LogP contribution in [0.1, 0.15) is 70.6 Å². The number of aliphatic hydroxyl groups excluding tert-OH is 1. The molecule has 8 nitrogen and oxygen atoms in total. The number of primary amides is 2. The van der Waals surface area contributed by atoms with Crippen molar-refractivity contribution >= 4 is 17.9 Å². The first kappa shape index (κ1) is 23.9. The van der Waals surface area contributed by atoms with Crippen molar-refractivity contribution in [3.05, 3.63) is 12.7 Å². The first-order valence-electron chi connectivity index (χ1n) is 10.2. The molecule has 0 bridgehead atoms. The number of amides is 3. The zero-order valence-electron chi connectivity index (χ0n) is 16.7. The van der Waals surface area contributed by atoms with Gasteiger partial charge in [-0.2, -0.15) is 0 Å². The van der Waals surface area contributed by atoms with Gasteiger partial charge in [-0.1, -0.05) is 18.9 Å². The second-order valence-electron chi connectivity index (χ2n) is 7.44. The standard InChI is InChI=1S/C14H24N2O3.C6H11NO2/c1-2-3-4-5-6-7-8-13(18)16-10-11(17)9-12(16)14(15)19;7-6(8)9-5-3-1-2-4-5/h2,11-12,17H,1,3-10H2,(H2,15,19);5H,1-4H2,(H2,7,8). The lowest BCUT2D eigenvalue weighted by Gasteiger charge is -2.21. The average Bonchev–Trinajstić information content (AvgIpc) is 3.27. The monoisotopic (exact) mass is 397 g/mol. The molecule has 0 radical (unpaired) electrons. The summed E-state index contributed by atoms with van der Waals surface area (Å²) in [5, 5.41) is 9.53. The molecule has 0 spiro atoms. The highest BCUT2D eigenvalue weighted by Crippen LogP contribution is 2.21. The maximum atomic E-state index is 12.0. The minimum Gasteiger partial charge on any atom is -0.446 e. The fourth-order valence-electron chi connectivity index (χ4n) is 3.59. The van der Waals surface area contributed by atoms with Crippen molar-refractivity contribution in [3.63, 3.8) is 0 Å². The van der Waals surface area contributed by atoms with Crippen LogP contribution in [0.4, 0.5) is 4.79 Å². The largest absolute Gasteiger partial charge is 0.446 e. The van der Waals surface area contributed by atoms with E-state index in [2.05, 4.69) is 6.58 Å². The molecule has 2 atom stereocenters. The molecule has 2 rings (SSSR count). The number of hydrogen-bond donors (Lipinski definition) is 3. The molecule has 2 fully saturated rings. The first-order valence-corrected chi connectivity index (χ1v) is 10.2. The molecular weight excluding hydrogens is 362 g/mol. The maximum absolute atomic E-state index is 12.0. The number of carbonyl (C=O) groups excluding carboxylic acids is 3. The summed E-state index contributed by atoms with van der Waals surface area (Å²) >= 11 is 0. The molecule has 2 aliphatic rings. The van der Waals surface area contributed by atoms with E-state index in [1.807, 2.05) is 6.08 Å². The maximum Gasteiger partial charge on any atom is 0.404 e. The van der Waals surface area contributed by atoms with Crippen LogP contribution in [0.15, 0.2) is 12.7 Å². The Hall–Kier alpha value is -2.09. The number of β-amino-alcohol motifs (C(OH)–C–C–N with tert-alkyl or cyclic N) is 1. The molecule has 1 aliphatic carbocycles. The van der Waals surface area contributed by atoms with Gasteiger partial charge in [0.25, 0.3) is 0 Å². The SMILES string of the molecule is C=CCCCCCCC(=O)N1CC(O)CC1C(N)=O.NC(=O)OC1CCCC1. The highest BCUT2D eigenvalue weighted by molar-refractivity contribution is 5.87. The molecule has 0 aromatic heterocycles. The third-order valence-corrected chi connectivity index (χ3v) is 5.06. The molecule has 8 heteroatoms. The number of nitrogens with zero attached hydrogens (tertiary/aromatic N) is 1. The van der Waals surface area contributed by atoms with E-state index in [0.29, 0.717) is 6.42 Å². The van der Waals surface area contributed by atoms with Gasteiger partial charge in [0.1, 0.15) is 12.1 Å². The van der Waals surface area contributed by atoms with Gasteiger partial charge in [0.15, 0.2) is 0 Å². The molecule has 1 saturated heterocycles. The third kappa shape index (κ3) is 9.21. The predicted molar refractivity (Wildman–Crippen MR) is 106 cm³/mol. The smallest absolute Gasteiger partial charge is 0.404 e. The predicted octanol–water partition coefficient (Wildman–Crippen LogP) is 1.98. The molecule has 28 heavy (non-hydrogen) atoms. The lowest BCUT2D eigenvalue weighted by Crippen LogP contribution is -2.43. The topological polar surface area (TPSA) is 136 Å². The van der Waals surface area contributed by atoms with Crippen molar-refractivity contribution in [2.24, 2.45) is 11.5 Å². The normalized spacial score (nSPS) is 21.7. The Morgan fingerprint density at radius 1 is 1.11 bits per heavy atom. The van der Waals surface area contributed by atoms with E-state index in [9.17, 15) is 19.5 Å². The number of hydrogen-bond acceptors (Lipinski definition) is 5. The van der Waals surface area contributed by atoms with Crippen LogP contribution in [0.25, 0.3) is 0 Å². The van der Waals surface area contributed by atoms with Gasteiger partial charge in [0.05, 0.1) is 6.10 Å². The quantitative estimate of drug-likeness (QED) is 0.404. The van der Waals surface area contributed by atoms with Crippen molar-refractivity contribution in [3.8, 4) is 0 Å². The molecule has 2 unspecified atom stereocenters. The summed E-state index contributed by atoms with van der Waals surface area (Å²) in [4.78, 5) is 34.8. The number of likely N-dealkylation sites (tertiary alicyclic amines) is 1. The molecule has 1 heterocycles. The van der Waals surface area contributed by atoms with Gasteiger partial charge in [-0.3, -0.25) is 9.59 Å². The Bertz CT molecular complexity index is 520. The van der Waals surface area contributed by atoms with Crippen LogP contribution >= 0.6 is 0 Å². The Balaban J connectivity index is 0.000000362. The second-order valence-corrected chi connectivity index (χ2v) is 7.44. The molecule has 1 saturated carbocycles. The molecular formula is C20H35N3O5. The average molecular weight is 398 g/mol. The van der Waals surface area contributed by atoms with Gasteiger partial charge in [0, 0.05) is 19.4 Å². The molecule has 5 N–H and O–H groups in total. The van der Waals surface area contributed by atoms with E-state index in [4.69, 9.17) is 16.2 Å². The van der Waals surface area contributed by atoms with Gasteiger partial charge >= 0.3 is 6.09 Å². The van der Waals surface area contributed by atoms with Crippen LogP contribution in [-0.2, 0) is 14.3 Å². The summed E-state index contributed by atoms with van der Waals surface area (Å²) < 4.78 is 4.75. The summed E-state index contributed by atoms with van der Waals surface area (Å²) in [6.45, 7) is 3.89. The molecule has 0 aromatic rings. The summed E-state index contributed by atoms with van der Waals surface area (Å²) in [5.41, 5.74) is 10.1. The number of allylic oxidation sites excluding steroid dienone is 1. The number of rotatable bonds is 9. The van der Waals surface area contributed by atoms with E-state index < -0.39 is 24.1 Å². The van der Waals surface area contributed by atoms with Gasteiger partial charge in [0.2, 0.25) is 11.8 Å². The number of unbranched alkanes of at least 4 members (excludes halogenated alkanes) is 4. The number of nitrogens with two attached hydrogens (primary N) is 2. The summed E-state index contributed by atoms with van der Waals surface area (Å²) in [5.74, 6) is -0.611. The minimum atomic E-state index is -0.637. The fourth-order valence-corrected chi connectivity index (χ4v) is 3.59. The lowest BCUT2D eigenvalue weighted by atomic mass is 10.1. The van der Waals surface area contributed by atoms with Crippen LogP contribution in [0.2, 0.25) is 0 Å². The first-order chi connectivity index (χ1) is 13.3. The number of ether oxygens (including phenoxy) is 1. The summed E-state index contributed by atoms with van der Waals surface area (Å²) in [6, 6.07) is -0.636. The fraction of sp³-hybridized carbons (Fsp3) is 0.750. The Morgan fingerprint density at radius 2 is 1.75 bits per heavy atom. The van der Waals surface area contributed by atoms with Crippen molar-refractivity contribution in [1.29, 1.82) is 0 Å². The molecule has 0 aromatic carbocycles. The van der Waals surface area contributed by atoms with Crippen LogP contribution < -0.4 is 11.5 Å². The van der Waals surface area contributed by atoms with Gasteiger partial charge < -0.3 is 26.2 Å². The van der Waals surface area contributed by atoms with Crippen LogP contribution in [0.3, 0.4) is 0 Å². The van der Waals surface area contributed by atoms with Crippen LogP contribution in [0, 0.1) is 0 Å². The lowest BCUT2D eigenvalue weighted by molar-refractivity contribution is -0.137. The highest BCUT2D eigenvalue weighted by atomic mass is 16.6. The van der Waals surface area contributed by atoms with E-state index in [1.165, 1.54) is 4.90 Å². The van der Waals surface area contributed by atoms with E-state index in [-0.39, 0.29) is 25.0 Å². The van der Waals surface area contributed by atoms with Crippen LogP contribution in [-0.4, -0.2) is 52.7 Å². The summed E-state index contributed by atoms with van der Waals surface area (Å²) in [7, 11) is 0. The zero-order valence-corrected chi connectivity index (χ0v) is 16.7. The molecule has 1 aliphatic heterocycles. The second kappa shape index (κ2) is 13.1. The minimum absolute atomic E-state index is 0.0796. The number of carbonyl (C=O) groups is 3. The van der Waals surface area contributed by atoms with Gasteiger partial charge in [-0.25, -0.2) is 4.79 Å². The van der Waals surface area contributed by atoms with E-state index in [0.717, 1.165) is 57.8 Å². The van der Waals surface area contributed by atoms with Crippen molar-refractivity contribution in [2.45, 2.75) is 88.9 Å². The molecule has 160 valence electrons. The Morgan fingerprint density at radius 3 is 2.32 bits per heavy atom. The van der Waals surface area contributed by atoms with Crippen molar-refractivity contribution < 1.29 is 24.2 Å². The highest BCUT2D eigenvalue weighted by Gasteiger charge is 2.37. The van der Waals surface area contributed by atoms with E-state index in [1.54, 1.807) is 0 Å². The third-order valence-electron chi connectivity index (χ3n) is 5.06. The van der Waals surface area contributed by atoms with Crippen molar-refractivity contribution in [2.75, 3.05) is 6.54 Å².